The molecule has 7 nitrogen and oxygen atoms in total. The molecule has 0 fully saturated rings. The first-order valence-corrected chi connectivity index (χ1v) is 7.83. The lowest BCUT2D eigenvalue weighted by molar-refractivity contribution is -0.137. The second kappa shape index (κ2) is 6.99. The van der Waals surface area contributed by atoms with Crippen molar-refractivity contribution in [1.29, 1.82) is 0 Å². The number of aliphatic hydroxyl groups is 1. The minimum Gasteiger partial charge on any atom is -0.389 e. The molecule has 1 aromatic heterocycles. The molecule has 0 spiro atoms. The predicted molar refractivity (Wildman–Crippen MR) is 83.1 cm³/mol. The summed E-state index contributed by atoms with van der Waals surface area (Å²) in [5.41, 5.74) is -1.50. The SMILES string of the molecule is O=C(NCc1cc(C(F)(F)F)ccc1F)c1cc2n(n1)CC(O)CNC2=O. The lowest BCUT2D eigenvalue weighted by atomic mass is 10.1. The van der Waals surface area contributed by atoms with Gasteiger partial charge in [-0.25, -0.2) is 4.39 Å². The summed E-state index contributed by atoms with van der Waals surface area (Å²) in [6, 6.07) is 3.08. The fourth-order valence-corrected chi connectivity index (χ4v) is 2.57. The van der Waals surface area contributed by atoms with Crippen molar-refractivity contribution < 1.29 is 32.3 Å². The second-order valence-electron chi connectivity index (χ2n) is 5.95. The van der Waals surface area contributed by atoms with Crippen LogP contribution < -0.4 is 10.6 Å². The Kier molecular flexibility index (Phi) is 4.87. The van der Waals surface area contributed by atoms with Gasteiger partial charge in [-0.15, -0.1) is 0 Å². The summed E-state index contributed by atoms with van der Waals surface area (Å²) in [4.78, 5) is 24.0. The fourth-order valence-electron chi connectivity index (χ4n) is 2.57. The van der Waals surface area contributed by atoms with E-state index in [9.17, 15) is 32.3 Å². The molecular formula is C16H14F4N4O3. The highest BCUT2D eigenvalue weighted by Gasteiger charge is 2.31. The summed E-state index contributed by atoms with van der Waals surface area (Å²) in [6.45, 7) is -0.465. The van der Waals surface area contributed by atoms with Gasteiger partial charge in [0.05, 0.1) is 18.2 Å². The molecule has 0 saturated carbocycles. The molecule has 1 aliphatic rings. The number of nitrogens with one attached hydrogen (secondary N) is 2. The van der Waals surface area contributed by atoms with Crippen molar-refractivity contribution in [3.63, 3.8) is 0 Å². The van der Waals surface area contributed by atoms with E-state index in [-0.39, 0.29) is 30.0 Å². The molecule has 1 aliphatic heterocycles. The normalized spacial score (nSPS) is 17.1. The maximum absolute atomic E-state index is 13.7. The molecule has 144 valence electrons. The Morgan fingerprint density at radius 1 is 1.37 bits per heavy atom. The van der Waals surface area contributed by atoms with E-state index in [2.05, 4.69) is 15.7 Å². The summed E-state index contributed by atoms with van der Waals surface area (Å²) in [7, 11) is 0. The van der Waals surface area contributed by atoms with Crippen molar-refractivity contribution in [3.05, 3.63) is 52.6 Å². The minimum atomic E-state index is -4.64. The number of hydrogen-bond donors (Lipinski definition) is 3. The quantitative estimate of drug-likeness (QED) is 0.688. The van der Waals surface area contributed by atoms with Gasteiger partial charge in [0.2, 0.25) is 0 Å². The van der Waals surface area contributed by atoms with E-state index < -0.39 is 42.0 Å². The number of hydrogen-bond acceptors (Lipinski definition) is 4. The van der Waals surface area contributed by atoms with Crippen molar-refractivity contribution >= 4 is 11.8 Å². The first kappa shape index (κ1) is 18.8. The number of β-amino-alcohol motifs (C(OH)–C–C–N with tert-alkyl or cyclic N) is 1. The van der Waals surface area contributed by atoms with Gasteiger partial charge in [-0.1, -0.05) is 0 Å². The molecule has 1 unspecified atom stereocenters. The smallest absolute Gasteiger partial charge is 0.389 e. The summed E-state index contributed by atoms with van der Waals surface area (Å²) in [6.07, 6.45) is -5.52. The third kappa shape index (κ3) is 4.08. The third-order valence-corrected chi connectivity index (χ3v) is 3.94. The van der Waals surface area contributed by atoms with Crippen LogP contribution >= 0.6 is 0 Å². The molecule has 0 saturated heterocycles. The monoisotopic (exact) mass is 386 g/mol. The second-order valence-corrected chi connectivity index (χ2v) is 5.95. The molecule has 27 heavy (non-hydrogen) atoms. The van der Waals surface area contributed by atoms with Gasteiger partial charge in [0, 0.05) is 24.7 Å². The number of benzene rings is 1. The van der Waals surface area contributed by atoms with Crippen molar-refractivity contribution in [2.75, 3.05) is 6.54 Å². The van der Waals surface area contributed by atoms with Crippen LogP contribution in [0.2, 0.25) is 0 Å². The van der Waals surface area contributed by atoms with E-state index in [0.29, 0.717) is 18.2 Å². The summed E-state index contributed by atoms with van der Waals surface area (Å²) >= 11 is 0. The number of nitrogens with zero attached hydrogens (tertiary/aromatic N) is 2. The van der Waals surface area contributed by atoms with Crippen molar-refractivity contribution in [2.45, 2.75) is 25.4 Å². The summed E-state index contributed by atoms with van der Waals surface area (Å²) in [5.74, 6) is -2.22. The molecule has 2 aromatic rings. The van der Waals surface area contributed by atoms with Crippen LogP contribution in [0.5, 0.6) is 0 Å². The van der Waals surface area contributed by atoms with Crippen LogP contribution in [0.25, 0.3) is 0 Å². The predicted octanol–water partition coefficient (Wildman–Crippen LogP) is 1.08. The number of carbonyl (C=O) groups excluding carboxylic acids is 2. The highest BCUT2D eigenvalue weighted by Crippen LogP contribution is 2.30. The zero-order valence-electron chi connectivity index (χ0n) is 13.7. The molecule has 0 aliphatic carbocycles. The molecular weight excluding hydrogens is 372 g/mol. The number of aliphatic hydroxyl groups excluding tert-OH is 1. The van der Waals surface area contributed by atoms with Gasteiger partial charge in [0.15, 0.2) is 5.69 Å². The third-order valence-electron chi connectivity index (χ3n) is 3.94. The van der Waals surface area contributed by atoms with E-state index in [4.69, 9.17) is 0 Å². The molecule has 0 radical (unpaired) electrons. The number of carbonyl (C=O) groups is 2. The first-order valence-electron chi connectivity index (χ1n) is 7.83. The maximum Gasteiger partial charge on any atom is 0.416 e. The van der Waals surface area contributed by atoms with Gasteiger partial charge in [-0.2, -0.15) is 18.3 Å². The van der Waals surface area contributed by atoms with Crippen molar-refractivity contribution in [1.82, 2.24) is 20.4 Å². The zero-order chi connectivity index (χ0) is 19.8. The van der Waals surface area contributed by atoms with E-state index in [1.807, 2.05) is 0 Å². The number of rotatable bonds is 3. The van der Waals surface area contributed by atoms with Crippen LogP contribution in [0.4, 0.5) is 17.6 Å². The Bertz CT molecular complexity index is 894. The number of amides is 2. The number of halogens is 4. The van der Waals surface area contributed by atoms with E-state index in [1.54, 1.807) is 0 Å². The average Bonchev–Trinajstić information content (AvgIpc) is 2.96. The van der Waals surface area contributed by atoms with E-state index in [1.165, 1.54) is 6.07 Å². The zero-order valence-corrected chi connectivity index (χ0v) is 13.7. The van der Waals surface area contributed by atoms with Crippen LogP contribution in [-0.2, 0) is 19.3 Å². The largest absolute Gasteiger partial charge is 0.416 e. The Morgan fingerprint density at radius 3 is 2.81 bits per heavy atom. The summed E-state index contributed by atoms with van der Waals surface area (Å²) < 4.78 is 53.0. The van der Waals surface area contributed by atoms with Crippen LogP contribution in [-0.4, -0.2) is 39.4 Å². The van der Waals surface area contributed by atoms with Gasteiger partial charge >= 0.3 is 6.18 Å². The highest BCUT2D eigenvalue weighted by molar-refractivity contribution is 5.98. The molecule has 11 heteroatoms. The van der Waals surface area contributed by atoms with Crippen molar-refractivity contribution in [3.8, 4) is 0 Å². The standard InChI is InChI=1S/C16H14F4N4O3/c17-11-2-1-9(16(18,19)20)3-8(11)5-21-14(26)12-4-13-15(27)22-6-10(25)7-24(13)23-12/h1-4,10,25H,5-7H2,(H,21,26)(H,22,27). The number of fused-ring (bicyclic) bond motifs is 1. The number of aromatic nitrogens is 2. The Labute approximate surface area is 150 Å². The van der Waals surface area contributed by atoms with E-state index >= 15 is 0 Å². The Morgan fingerprint density at radius 2 is 2.11 bits per heavy atom. The first-order chi connectivity index (χ1) is 12.6. The molecule has 1 atom stereocenters. The van der Waals surface area contributed by atoms with Gasteiger partial charge < -0.3 is 15.7 Å². The fraction of sp³-hybridized carbons (Fsp3) is 0.312. The maximum atomic E-state index is 13.7. The van der Waals surface area contributed by atoms with E-state index in [0.717, 1.165) is 4.68 Å². The molecule has 3 rings (SSSR count). The van der Waals surface area contributed by atoms with Crippen LogP contribution in [0.15, 0.2) is 24.3 Å². The average molecular weight is 386 g/mol. The Hall–Kier alpha value is -2.95. The van der Waals surface area contributed by atoms with Gasteiger partial charge in [-0.3, -0.25) is 14.3 Å². The minimum absolute atomic E-state index is 0.0103. The topological polar surface area (TPSA) is 96.2 Å². The van der Waals surface area contributed by atoms with Gasteiger partial charge in [0.25, 0.3) is 11.8 Å². The van der Waals surface area contributed by atoms with Gasteiger partial charge in [0.1, 0.15) is 11.5 Å². The van der Waals surface area contributed by atoms with Gasteiger partial charge in [-0.05, 0) is 18.2 Å². The van der Waals surface area contributed by atoms with Crippen molar-refractivity contribution in [2.24, 2.45) is 0 Å². The molecule has 2 amide bonds. The van der Waals surface area contributed by atoms with Crippen LogP contribution in [0, 0.1) is 5.82 Å². The molecule has 2 heterocycles. The van der Waals surface area contributed by atoms with Crippen LogP contribution in [0.3, 0.4) is 0 Å². The number of alkyl halides is 3. The lowest BCUT2D eigenvalue weighted by Crippen LogP contribution is -2.30. The van der Waals surface area contributed by atoms with Crippen LogP contribution in [0.1, 0.15) is 32.1 Å². The highest BCUT2D eigenvalue weighted by atomic mass is 19.4. The molecule has 0 bridgehead atoms. The molecule has 1 aromatic carbocycles. The lowest BCUT2D eigenvalue weighted by Gasteiger charge is -2.10. The Balaban J connectivity index is 1.75. The molecule has 3 N–H and O–H groups in total. The summed E-state index contributed by atoms with van der Waals surface area (Å²) in [5, 5.41) is 18.3.